The summed E-state index contributed by atoms with van der Waals surface area (Å²) in [7, 11) is 0. The van der Waals surface area contributed by atoms with Crippen molar-refractivity contribution in [3.63, 3.8) is 0 Å². The van der Waals surface area contributed by atoms with Crippen LogP contribution in [-0.2, 0) is 0 Å². The van der Waals surface area contributed by atoms with Crippen molar-refractivity contribution in [2.75, 3.05) is 5.75 Å². The molecule has 0 unspecified atom stereocenters. The summed E-state index contributed by atoms with van der Waals surface area (Å²) in [4.78, 5) is 0. The standard InChI is InChI=1S/C10H8ClF3S/c11-9-6-2-1-4-8(9)5-3-7-15-10(12,13)14/h1-6H,7H2/b5-3+. The second-order valence-electron chi connectivity index (χ2n) is 2.68. The lowest BCUT2D eigenvalue weighted by Gasteiger charge is -2.01. The van der Waals surface area contributed by atoms with Gasteiger partial charge in [0, 0.05) is 10.8 Å². The van der Waals surface area contributed by atoms with E-state index >= 15 is 0 Å². The van der Waals surface area contributed by atoms with Gasteiger partial charge in [-0.25, -0.2) is 0 Å². The first-order chi connectivity index (χ1) is 6.99. The number of rotatable bonds is 3. The normalized spacial score (nSPS) is 12.3. The number of thioether (sulfide) groups is 1. The molecule has 0 N–H and O–H groups in total. The van der Waals surface area contributed by atoms with Crippen LogP contribution in [0.1, 0.15) is 5.56 Å². The SMILES string of the molecule is FC(F)(F)SC/C=C/c1ccccc1Cl. The molecule has 0 amide bonds. The van der Waals surface area contributed by atoms with Gasteiger partial charge in [-0.2, -0.15) is 13.2 Å². The van der Waals surface area contributed by atoms with Crippen LogP contribution in [0.25, 0.3) is 6.08 Å². The summed E-state index contributed by atoms with van der Waals surface area (Å²) in [6.45, 7) is 0. The van der Waals surface area contributed by atoms with E-state index in [1.807, 2.05) is 0 Å². The molecule has 0 spiro atoms. The number of hydrogen-bond donors (Lipinski definition) is 0. The van der Waals surface area contributed by atoms with Gasteiger partial charge in [-0.3, -0.25) is 0 Å². The molecule has 0 aliphatic rings. The van der Waals surface area contributed by atoms with E-state index in [2.05, 4.69) is 0 Å². The van der Waals surface area contributed by atoms with Crippen molar-refractivity contribution in [1.29, 1.82) is 0 Å². The molecule has 0 fully saturated rings. The first-order valence-corrected chi connectivity index (χ1v) is 5.47. The van der Waals surface area contributed by atoms with Crippen LogP contribution in [-0.4, -0.2) is 11.3 Å². The highest BCUT2D eigenvalue weighted by atomic mass is 35.5. The molecule has 5 heteroatoms. The molecule has 1 aromatic carbocycles. The average molecular weight is 253 g/mol. The van der Waals surface area contributed by atoms with Gasteiger partial charge in [0.1, 0.15) is 0 Å². The van der Waals surface area contributed by atoms with Crippen molar-refractivity contribution >= 4 is 29.4 Å². The van der Waals surface area contributed by atoms with Gasteiger partial charge in [0.25, 0.3) is 0 Å². The molecule has 0 aliphatic heterocycles. The third-order valence-electron chi connectivity index (χ3n) is 1.55. The van der Waals surface area contributed by atoms with Gasteiger partial charge in [0.2, 0.25) is 0 Å². The second kappa shape index (κ2) is 5.47. The molecule has 0 nitrogen and oxygen atoms in total. The fourth-order valence-electron chi connectivity index (χ4n) is 0.928. The molecule has 0 radical (unpaired) electrons. The Kier molecular flexibility index (Phi) is 4.54. The zero-order chi connectivity index (χ0) is 11.3. The number of halogens is 4. The second-order valence-corrected chi connectivity index (χ2v) is 4.17. The molecule has 0 aliphatic carbocycles. The van der Waals surface area contributed by atoms with Crippen LogP contribution in [0, 0.1) is 0 Å². The average Bonchev–Trinajstić information content (AvgIpc) is 2.13. The van der Waals surface area contributed by atoms with Crippen molar-refractivity contribution in [3.05, 3.63) is 40.9 Å². The van der Waals surface area contributed by atoms with Gasteiger partial charge < -0.3 is 0 Å². The molecule has 1 rings (SSSR count). The van der Waals surface area contributed by atoms with Gasteiger partial charge in [-0.15, -0.1) is 0 Å². The van der Waals surface area contributed by atoms with Crippen LogP contribution in [0.4, 0.5) is 13.2 Å². The van der Waals surface area contributed by atoms with Crippen LogP contribution in [0.3, 0.4) is 0 Å². The maximum Gasteiger partial charge on any atom is 0.442 e. The molecule has 0 saturated carbocycles. The van der Waals surface area contributed by atoms with Crippen LogP contribution in [0.5, 0.6) is 0 Å². The Bertz CT molecular complexity index is 347. The van der Waals surface area contributed by atoms with Crippen molar-refractivity contribution in [2.24, 2.45) is 0 Å². The maximum absolute atomic E-state index is 11.8. The van der Waals surface area contributed by atoms with Gasteiger partial charge in [0.15, 0.2) is 0 Å². The molecule has 0 aromatic heterocycles. The molecule has 0 heterocycles. The molecular formula is C10H8ClF3S. The van der Waals surface area contributed by atoms with Crippen LogP contribution < -0.4 is 0 Å². The topological polar surface area (TPSA) is 0 Å². The van der Waals surface area contributed by atoms with Crippen LogP contribution >= 0.6 is 23.4 Å². The van der Waals surface area contributed by atoms with E-state index in [0.717, 1.165) is 5.56 Å². The highest BCUT2D eigenvalue weighted by molar-refractivity contribution is 8.00. The maximum atomic E-state index is 11.8. The lowest BCUT2D eigenvalue weighted by atomic mass is 10.2. The summed E-state index contributed by atoms with van der Waals surface area (Å²) in [5, 5.41) is 0.533. The monoisotopic (exact) mass is 252 g/mol. The van der Waals surface area contributed by atoms with E-state index in [0.29, 0.717) is 5.02 Å². The summed E-state index contributed by atoms with van der Waals surface area (Å²) >= 11 is 5.74. The first-order valence-electron chi connectivity index (χ1n) is 4.11. The Balaban J connectivity index is 2.49. The Morgan fingerprint density at radius 3 is 2.53 bits per heavy atom. The zero-order valence-corrected chi connectivity index (χ0v) is 9.16. The summed E-state index contributed by atoms with van der Waals surface area (Å²) in [6.07, 6.45) is 3.03. The molecule has 82 valence electrons. The lowest BCUT2D eigenvalue weighted by Crippen LogP contribution is -1.99. The van der Waals surface area contributed by atoms with Gasteiger partial charge >= 0.3 is 5.51 Å². The zero-order valence-electron chi connectivity index (χ0n) is 7.59. The van der Waals surface area contributed by atoms with Crippen LogP contribution in [0.15, 0.2) is 30.3 Å². The van der Waals surface area contributed by atoms with Crippen molar-refractivity contribution in [3.8, 4) is 0 Å². The summed E-state index contributed by atoms with van der Waals surface area (Å²) in [6, 6.07) is 6.99. The lowest BCUT2D eigenvalue weighted by molar-refractivity contribution is -0.0326. The highest BCUT2D eigenvalue weighted by Crippen LogP contribution is 2.30. The fourth-order valence-corrected chi connectivity index (χ4v) is 1.51. The molecule has 0 saturated heterocycles. The van der Waals surface area contributed by atoms with Crippen LogP contribution in [0.2, 0.25) is 5.02 Å². The minimum atomic E-state index is -4.18. The first kappa shape index (κ1) is 12.5. The van der Waals surface area contributed by atoms with E-state index < -0.39 is 5.51 Å². The Morgan fingerprint density at radius 2 is 1.93 bits per heavy atom. The van der Waals surface area contributed by atoms with Crippen molar-refractivity contribution < 1.29 is 13.2 Å². The number of alkyl halides is 3. The number of hydrogen-bond acceptors (Lipinski definition) is 1. The van der Waals surface area contributed by atoms with Crippen molar-refractivity contribution in [1.82, 2.24) is 0 Å². The third kappa shape index (κ3) is 5.14. The predicted octanol–water partition coefficient (Wildman–Crippen LogP) is 4.61. The Labute approximate surface area is 95.1 Å². The van der Waals surface area contributed by atoms with Gasteiger partial charge in [0.05, 0.1) is 0 Å². The van der Waals surface area contributed by atoms with E-state index in [1.54, 1.807) is 30.3 Å². The Hall–Kier alpha value is -0.610. The highest BCUT2D eigenvalue weighted by Gasteiger charge is 2.26. The quantitative estimate of drug-likeness (QED) is 0.757. The van der Waals surface area contributed by atoms with E-state index in [9.17, 15) is 13.2 Å². The van der Waals surface area contributed by atoms with E-state index in [1.165, 1.54) is 6.08 Å². The summed E-state index contributed by atoms with van der Waals surface area (Å²) < 4.78 is 35.3. The van der Waals surface area contributed by atoms with Gasteiger partial charge in [-0.1, -0.05) is 42.0 Å². The fraction of sp³-hybridized carbons (Fsp3) is 0.200. The summed E-state index contributed by atoms with van der Waals surface area (Å²) in [5.74, 6) is -0.102. The molecule has 15 heavy (non-hydrogen) atoms. The van der Waals surface area contributed by atoms with E-state index in [-0.39, 0.29) is 17.5 Å². The van der Waals surface area contributed by atoms with E-state index in [4.69, 9.17) is 11.6 Å². The smallest absolute Gasteiger partial charge is 0.160 e. The molecular weight excluding hydrogens is 245 g/mol. The molecule has 0 atom stereocenters. The molecule has 1 aromatic rings. The Morgan fingerprint density at radius 1 is 1.27 bits per heavy atom. The number of benzene rings is 1. The third-order valence-corrected chi connectivity index (χ3v) is 2.58. The molecule has 0 bridgehead atoms. The van der Waals surface area contributed by atoms with Gasteiger partial charge in [-0.05, 0) is 23.4 Å². The minimum Gasteiger partial charge on any atom is -0.160 e. The minimum absolute atomic E-state index is 0.0712. The summed E-state index contributed by atoms with van der Waals surface area (Å²) in [5.41, 5.74) is -3.45. The largest absolute Gasteiger partial charge is 0.442 e. The predicted molar refractivity (Wildman–Crippen MR) is 59.0 cm³/mol. The van der Waals surface area contributed by atoms with Crippen molar-refractivity contribution in [2.45, 2.75) is 5.51 Å².